The van der Waals surface area contributed by atoms with Gasteiger partial charge in [0.15, 0.2) is 0 Å². The third-order valence-electron chi connectivity index (χ3n) is 1.78. The first-order valence-electron chi connectivity index (χ1n) is 4.44. The van der Waals surface area contributed by atoms with Gasteiger partial charge in [-0.15, -0.1) is 6.42 Å². The van der Waals surface area contributed by atoms with Crippen LogP contribution in [0.15, 0.2) is 24.3 Å². The molecule has 0 heterocycles. The highest BCUT2D eigenvalue weighted by Gasteiger charge is 2.17. The van der Waals surface area contributed by atoms with E-state index in [9.17, 15) is 0 Å². The van der Waals surface area contributed by atoms with Gasteiger partial charge in [-0.2, -0.15) is 12.6 Å². The molecule has 0 saturated heterocycles. The molecule has 0 aliphatic carbocycles. The Hall–Kier alpha value is -1.07. The first-order valence-corrected chi connectivity index (χ1v) is 5.07. The van der Waals surface area contributed by atoms with Crippen molar-refractivity contribution in [3.63, 3.8) is 0 Å². The minimum absolute atomic E-state index is 0.268. The van der Waals surface area contributed by atoms with Gasteiger partial charge in [0.05, 0.1) is 0 Å². The fourth-order valence-electron chi connectivity index (χ4n) is 1.00. The molecule has 1 aromatic rings. The van der Waals surface area contributed by atoms with Crippen molar-refractivity contribution in [1.82, 2.24) is 0 Å². The van der Waals surface area contributed by atoms with E-state index in [-0.39, 0.29) is 5.60 Å². The number of hydrogen-bond acceptors (Lipinski definition) is 2. The van der Waals surface area contributed by atoms with Crippen molar-refractivity contribution in [1.29, 1.82) is 0 Å². The Labute approximate surface area is 90.9 Å². The molecule has 0 aliphatic rings. The molecule has 0 radical (unpaired) electrons. The molecule has 0 N–H and O–H groups in total. The minimum Gasteiger partial charge on any atom is -0.487 e. The maximum atomic E-state index is 5.72. The normalized spacial score (nSPS) is 10.7. The summed E-state index contributed by atoms with van der Waals surface area (Å²) in [4.78, 5) is 0. The lowest BCUT2D eigenvalue weighted by Crippen LogP contribution is -2.30. The van der Waals surface area contributed by atoms with Crippen LogP contribution in [0.25, 0.3) is 0 Å². The second-order valence-corrected chi connectivity index (χ2v) is 4.01. The number of hydrogen-bond donors (Lipinski definition) is 1. The van der Waals surface area contributed by atoms with Crippen molar-refractivity contribution >= 4 is 12.6 Å². The molecule has 0 amide bonds. The summed E-state index contributed by atoms with van der Waals surface area (Å²) in [6.07, 6.45) is 5.29. The van der Waals surface area contributed by atoms with Crippen LogP contribution in [0, 0.1) is 12.3 Å². The van der Waals surface area contributed by atoms with Crippen LogP contribution in [0.2, 0.25) is 0 Å². The smallest absolute Gasteiger partial charge is 0.121 e. The summed E-state index contributed by atoms with van der Waals surface area (Å²) in [5.41, 5.74) is 0.563. The van der Waals surface area contributed by atoms with Gasteiger partial charge in [-0.05, 0) is 32.0 Å². The number of benzene rings is 1. The Bertz CT molecular complexity index is 350. The lowest BCUT2D eigenvalue weighted by Gasteiger charge is -2.24. The Balaban J connectivity index is 2.83. The van der Waals surface area contributed by atoms with E-state index in [1.807, 2.05) is 38.1 Å². The van der Waals surface area contributed by atoms with Crippen molar-refractivity contribution in [2.75, 3.05) is 5.75 Å². The average molecular weight is 206 g/mol. The molecule has 0 fully saturated rings. The molecule has 1 nitrogen and oxygen atoms in total. The molecule has 0 unspecified atom stereocenters. The Kier molecular flexibility index (Phi) is 3.49. The van der Waals surface area contributed by atoms with Crippen LogP contribution in [-0.4, -0.2) is 11.4 Å². The first-order chi connectivity index (χ1) is 6.57. The second kappa shape index (κ2) is 4.43. The van der Waals surface area contributed by atoms with E-state index in [2.05, 4.69) is 18.5 Å². The maximum absolute atomic E-state index is 5.72. The van der Waals surface area contributed by atoms with Crippen molar-refractivity contribution in [3.8, 4) is 18.1 Å². The first kappa shape index (κ1) is 11.0. The van der Waals surface area contributed by atoms with Crippen molar-refractivity contribution in [2.45, 2.75) is 19.4 Å². The molecule has 1 aromatic carbocycles. The number of ether oxygens (including phenoxy) is 1. The Morgan fingerprint density at radius 2 is 2.21 bits per heavy atom. The lowest BCUT2D eigenvalue weighted by atomic mass is 10.1. The topological polar surface area (TPSA) is 9.23 Å². The van der Waals surface area contributed by atoms with Gasteiger partial charge in [0, 0.05) is 11.3 Å². The van der Waals surface area contributed by atoms with Gasteiger partial charge in [-0.3, -0.25) is 0 Å². The number of rotatable bonds is 3. The summed E-state index contributed by atoms with van der Waals surface area (Å²) in [6.45, 7) is 3.98. The van der Waals surface area contributed by atoms with Gasteiger partial charge in [-0.1, -0.05) is 12.0 Å². The number of terminal acetylenes is 1. The van der Waals surface area contributed by atoms with Crippen LogP contribution >= 0.6 is 12.6 Å². The van der Waals surface area contributed by atoms with Gasteiger partial charge >= 0.3 is 0 Å². The SMILES string of the molecule is C#Cc1cccc(OC(C)(C)CS)c1. The van der Waals surface area contributed by atoms with Crippen LogP contribution in [0.3, 0.4) is 0 Å². The zero-order valence-electron chi connectivity index (χ0n) is 8.45. The molecule has 0 bridgehead atoms. The number of thiol groups is 1. The van der Waals surface area contributed by atoms with E-state index >= 15 is 0 Å². The molecule has 14 heavy (non-hydrogen) atoms. The Morgan fingerprint density at radius 3 is 2.79 bits per heavy atom. The fraction of sp³-hybridized carbons (Fsp3) is 0.333. The molecule has 0 aromatic heterocycles. The zero-order valence-corrected chi connectivity index (χ0v) is 9.34. The minimum atomic E-state index is -0.268. The summed E-state index contributed by atoms with van der Waals surface area (Å²) in [7, 11) is 0. The molecular formula is C12H14OS. The molecule has 2 heteroatoms. The predicted octanol–water partition coefficient (Wildman–Crippen LogP) is 2.76. The van der Waals surface area contributed by atoms with Crippen molar-refractivity contribution in [2.24, 2.45) is 0 Å². The van der Waals surface area contributed by atoms with Crippen molar-refractivity contribution in [3.05, 3.63) is 29.8 Å². The standard InChI is InChI=1S/C12H14OS/c1-4-10-6-5-7-11(8-10)13-12(2,3)9-14/h1,5-8,14H,9H2,2-3H3. The molecule has 0 saturated carbocycles. The third-order valence-corrected chi connectivity index (χ3v) is 2.54. The summed E-state index contributed by atoms with van der Waals surface area (Å²) in [5.74, 6) is 4.02. The van der Waals surface area contributed by atoms with Crippen molar-refractivity contribution < 1.29 is 4.74 Å². The predicted molar refractivity (Wildman–Crippen MR) is 62.9 cm³/mol. The van der Waals surface area contributed by atoms with Gasteiger partial charge in [0.1, 0.15) is 11.4 Å². The Morgan fingerprint density at radius 1 is 1.50 bits per heavy atom. The van der Waals surface area contributed by atoms with E-state index in [0.717, 1.165) is 11.3 Å². The molecule has 0 atom stereocenters. The monoisotopic (exact) mass is 206 g/mol. The highest BCUT2D eigenvalue weighted by atomic mass is 32.1. The van der Waals surface area contributed by atoms with Gasteiger partial charge in [0.25, 0.3) is 0 Å². The van der Waals surface area contributed by atoms with Gasteiger partial charge < -0.3 is 4.74 Å². The third kappa shape index (κ3) is 3.01. The molecule has 74 valence electrons. The van der Waals surface area contributed by atoms with E-state index in [1.165, 1.54) is 0 Å². The molecule has 0 aliphatic heterocycles. The van der Waals surface area contributed by atoms with E-state index in [1.54, 1.807) is 0 Å². The van der Waals surface area contributed by atoms with Gasteiger partial charge in [-0.25, -0.2) is 0 Å². The molecular weight excluding hydrogens is 192 g/mol. The van der Waals surface area contributed by atoms with Gasteiger partial charge in [0.2, 0.25) is 0 Å². The van der Waals surface area contributed by atoms with Crippen LogP contribution in [0.5, 0.6) is 5.75 Å². The summed E-state index contributed by atoms with van der Waals surface area (Å²) >= 11 is 4.21. The summed E-state index contributed by atoms with van der Waals surface area (Å²) < 4.78 is 5.72. The quantitative estimate of drug-likeness (QED) is 0.591. The summed E-state index contributed by atoms with van der Waals surface area (Å²) in [6, 6.07) is 7.51. The zero-order chi connectivity index (χ0) is 10.6. The highest BCUT2D eigenvalue weighted by Crippen LogP contribution is 2.20. The van der Waals surface area contributed by atoms with Crippen LogP contribution in [0.4, 0.5) is 0 Å². The van der Waals surface area contributed by atoms with E-state index in [0.29, 0.717) is 5.75 Å². The lowest BCUT2D eigenvalue weighted by molar-refractivity contribution is 0.136. The highest BCUT2D eigenvalue weighted by molar-refractivity contribution is 7.80. The summed E-state index contributed by atoms with van der Waals surface area (Å²) in [5, 5.41) is 0. The maximum Gasteiger partial charge on any atom is 0.121 e. The van der Waals surface area contributed by atoms with Crippen LogP contribution in [0.1, 0.15) is 19.4 Å². The van der Waals surface area contributed by atoms with Crippen LogP contribution in [-0.2, 0) is 0 Å². The van der Waals surface area contributed by atoms with E-state index < -0.39 is 0 Å². The molecule has 0 spiro atoms. The molecule has 1 rings (SSSR count). The fourth-order valence-corrected chi connectivity index (χ4v) is 1.07. The van der Waals surface area contributed by atoms with Crippen LogP contribution < -0.4 is 4.74 Å². The largest absolute Gasteiger partial charge is 0.487 e. The van der Waals surface area contributed by atoms with E-state index in [4.69, 9.17) is 11.2 Å². The second-order valence-electron chi connectivity index (χ2n) is 3.69. The average Bonchev–Trinajstić information content (AvgIpc) is 2.17.